The lowest BCUT2D eigenvalue weighted by Crippen LogP contribution is -2.49. The fourth-order valence-corrected chi connectivity index (χ4v) is 1.60. The Bertz CT molecular complexity index is 393. The molecule has 1 rings (SSSR count). The Morgan fingerprint density at radius 1 is 1.39 bits per heavy atom. The molecule has 0 aliphatic rings. The summed E-state index contributed by atoms with van der Waals surface area (Å²) < 4.78 is 5.11. The molecule has 0 saturated carbocycles. The fraction of sp³-hybridized carbons (Fsp3) is 0.500. The first-order valence-electron chi connectivity index (χ1n) is 6.12. The van der Waals surface area contributed by atoms with Gasteiger partial charge in [-0.05, 0) is 38.0 Å². The number of carbonyl (C=O) groups is 1. The molecule has 18 heavy (non-hydrogen) atoms. The van der Waals surface area contributed by atoms with Gasteiger partial charge in [-0.1, -0.05) is 19.1 Å². The maximum atomic E-state index is 11.9. The molecule has 0 aromatic heterocycles. The van der Waals surface area contributed by atoms with Crippen molar-refractivity contribution in [2.75, 3.05) is 7.11 Å². The molecule has 1 aromatic rings. The van der Waals surface area contributed by atoms with Crippen molar-refractivity contribution in [3.05, 3.63) is 29.8 Å². The topological polar surface area (TPSA) is 64.4 Å². The van der Waals surface area contributed by atoms with Gasteiger partial charge in [0.25, 0.3) is 0 Å². The van der Waals surface area contributed by atoms with Crippen LogP contribution in [0.5, 0.6) is 5.75 Å². The number of rotatable bonds is 5. The molecule has 4 heteroatoms. The summed E-state index contributed by atoms with van der Waals surface area (Å²) in [6, 6.07) is 7.66. The zero-order valence-electron chi connectivity index (χ0n) is 11.5. The summed E-state index contributed by atoms with van der Waals surface area (Å²) in [4.78, 5) is 11.9. The van der Waals surface area contributed by atoms with E-state index in [-0.39, 0.29) is 11.9 Å². The molecule has 0 fully saturated rings. The standard InChI is InChI=1S/C14H22N2O2/c1-5-12(16-13(17)14(2,3)15)10-6-8-11(18-4)9-7-10/h6-9,12H,5,15H2,1-4H3,(H,16,17). The molecule has 3 N–H and O–H groups in total. The highest BCUT2D eigenvalue weighted by Gasteiger charge is 2.24. The third-order valence-electron chi connectivity index (χ3n) is 2.82. The lowest BCUT2D eigenvalue weighted by atomic mass is 10.0. The molecule has 0 radical (unpaired) electrons. The highest BCUT2D eigenvalue weighted by atomic mass is 16.5. The van der Waals surface area contributed by atoms with Gasteiger partial charge in [-0.25, -0.2) is 0 Å². The minimum Gasteiger partial charge on any atom is -0.497 e. The predicted molar refractivity (Wildman–Crippen MR) is 72.4 cm³/mol. The third-order valence-corrected chi connectivity index (χ3v) is 2.82. The monoisotopic (exact) mass is 250 g/mol. The van der Waals surface area contributed by atoms with E-state index in [1.54, 1.807) is 21.0 Å². The van der Waals surface area contributed by atoms with Gasteiger partial charge < -0.3 is 15.8 Å². The van der Waals surface area contributed by atoms with Crippen LogP contribution in [-0.2, 0) is 4.79 Å². The maximum Gasteiger partial charge on any atom is 0.239 e. The van der Waals surface area contributed by atoms with Crippen LogP contribution in [0, 0.1) is 0 Å². The molecule has 0 aliphatic heterocycles. The summed E-state index contributed by atoms with van der Waals surface area (Å²) in [6.07, 6.45) is 0.814. The molecule has 100 valence electrons. The van der Waals surface area contributed by atoms with Crippen LogP contribution in [0.3, 0.4) is 0 Å². The molecule has 1 unspecified atom stereocenters. The number of carbonyl (C=O) groups excluding carboxylic acids is 1. The van der Waals surface area contributed by atoms with Crippen LogP contribution in [0.25, 0.3) is 0 Å². The molecule has 0 saturated heterocycles. The Hall–Kier alpha value is -1.55. The summed E-state index contributed by atoms with van der Waals surface area (Å²) in [5.74, 6) is 0.657. The summed E-state index contributed by atoms with van der Waals surface area (Å²) in [6.45, 7) is 5.42. The van der Waals surface area contributed by atoms with Gasteiger partial charge in [-0.15, -0.1) is 0 Å². The van der Waals surface area contributed by atoms with Crippen LogP contribution in [0.2, 0.25) is 0 Å². The van der Waals surface area contributed by atoms with Crippen LogP contribution in [0.4, 0.5) is 0 Å². The van der Waals surface area contributed by atoms with Crippen molar-refractivity contribution in [2.45, 2.75) is 38.8 Å². The highest BCUT2D eigenvalue weighted by molar-refractivity contribution is 5.85. The van der Waals surface area contributed by atoms with Crippen LogP contribution in [-0.4, -0.2) is 18.6 Å². The van der Waals surface area contributed by atoms with E-state index in [2.05, 4.69) is 5.32 Å². The van der Waals surface area contributed by atoms with Gasteiger partial charge >= 0.3 is 0 Å². The quantitative estimate of drug-likeness (QED) is 0.840. The predicted octanol–water partition coefficient (Wildman–Crippen LogP) is 2.00. The Balaban J connectivity index is 2.80. The van der Waals surface area contributed by atoms with Gasteiger partial charge in [-0.2, -0.15) is 0 Å². The first-order chi connectivity index (χ1) is 8.38. The van der Waals surface area contributed by atoms with E-state index in [4.69, 9.17) is 10.5 Å². The van der Waals surface area contributed by atoms with E-state index in [9.17, 15) is 4.79 Å². The van der Waals surface area contributed by atoms with Crippen molar-refractivity contribution in [2.24, 2.45) is 5.73 Å². The second-order valence-electron chi connectivity index (χ2n) is 4.93. The van der Waals surface area contributed by atoms with E-state index < -0.39 is 5.54 Å². The van der Waals surface area contributed by atoms with E-state index in [0.29, 0.717) is 0 Å². The zero-order chi connectivity index (χ0) is 13.8. The summed E-state index contributed by atoms with van der Waals surface area (Å²) >= 11 is 0. The van der Waals surface area contributed by atoms with Crippen LogP contribution < -0.4 is 15.8 Å². The molecule has 1 aromatic carbocycles. The van der Waals surface area contributed by atoms with Crippen molar-refractivity contribution in [3.63, 3.8) is 0 Å². The average Bonchev–Trinajstić information content (AvgIpc) is 2.34. The Morgan fingerprint density at radius 3 is 2.33 bits per heavy atom. The largest absolute Gasteiger partial charge is 0.497 e. The molecular weight excluding hydrogens is 228 g/mol. The number of ether oxygens (including phenoxy) is 1. The molecule has 4 nitrogen and oxygen atoms in total. The lowest BCUT2D eigenvalue weighted by molar-refractivity contribution is -0.126. The SMILES string of the molecule is CCC(NC(=O)C(C)(C)N)c1ccc(OC)cc1. The molecule has 0 bridgehead atoms. The van der Waals surface area contributed by atoms with E-state index in [1.807, 2.05) is 31.2 Å². The van der Waals surface area contributed by atoms with E-state index in [0.717, 1.165) is 17.7 Å². The first-order valence-corrected chi connectivity index (χ1v) is 6.12. The molecule has 1 atom stereocenters. The maximum absolute atomic E-state index is 11.9. The number of benzene rings is 1. The number of amides is 1. The molecular formula is C14H22N2O2. The minimum atomic E-state index is -0.861. The fourth-order valence-electron chi connectivity index (χ4n) is 1.60. The number of nitrogens with two attached hydrogens (primary N) is 1. The normalized spacial score (nSPS) is 12.9. The average molecular weight is 250 g/mol. The highest BCUT2D eigenvalue weighted by Crippen LogP contribution is 2.20. The smallest absolute Gasteiger partial charge is 0.239 e. The number of nitrogens with one attached hydrogen (secondary N) is 1. The number of methoxy groups -OCH3 is 1. The Morgan fingerprint density at radius 2 is 1.94 bits per heavy atom. The second-order valence-corrected chi connectivity index (χ2v) is 4.93. The minimum absolute atomic E-state index is 0.0220. The van der Waals surface area contributed by atoms with Crippen LogP contribution in [0.1, 0.15) is 38.8 Å². The van der Waals surface area contributed by atoms with Crippen LogP contribution in [0.15, 0.2) is 24.3 Å². The van der Waals surface area contributed by atoms with E-state index >= 15 is 0 Å². The van der Waals surface area contributed by atoms with Crippen LogP contribution >= 0.6 is 0 Å². The van der Waals surface area contributed by atoms with Gasteiger partial charge in [0.05, 0.1) is 18.7 Å². The Labute approximate surface area is 109 Å². The molecule has 0 heterocycles. The van der Waals surface area contributed by atoms with Gasteiger partial charge in [-0.3, -0.25) is 4.79 Å². The van der Waals surface area contributed by atoms with Gasteiger partial charge in [0, 0.05) is 0 Å². The molecule has 1 amide bonds. The van der Waals surface area contributed by atoms with Gasteiger partial charge in [0.2, 0.25) is 5.91 Å². The van der Waals surface area contributed by atoms with E-state index in [1.165, 1.54) is 0 Å². The van der Waals surface area contributed by atoms with Crippen molar-refractivity contribution in [1.82, 2.24) is 5.32 Å². The molecule has 0 spiro atoms. The van der Waals surface area contributed by atoms with Gasteiger partial charge in [0.1, 0.15) is 5.75 Å². The summed E-state index contributed by atoms with van der Waals surface area (Å²) in [7, 11) is 1.63. The van der Waals surface area contributed by atoms with Crippen molar-refractivity contribution >= 4 is 5.91 Å². The second kappa shape index (κ2) is 5.87. The summed E-state index contributed by atoms with van der Waals surface area (Å²) in [5.41, 5.74) is 5.96. The summed E-state index contributed by atoms with van der Waals surface area (Å²) in [5, 5.41) is 2.96. The van der Waals surface area contributed by atoms with Crippen molar-refractivity contribution < 1.29 is 9.53 Å². The molecule has 0 aliphatic carbocycles. The lowest BCUT2D eigenvalue weighted by Gasteiger charge is -2.24. The Kier molecular flexibility index (Phi) is 4.73. The number of hydrogen-bond donors (Lipinski definition) is 2. The first kappa shape index (κ1) is 14.5. The number of hydrogen-bond acceptors (Lipinski definition) is 3. The van der Waals surface area contributed by atoms with Crippen molar-refractivity contribution in [1.29, 1.82) is 0 Å². The third kappa shape index (κ3) is 3.74. The van der Waals surface area contributed by atoms with Gasteiger partial charge in [0.15, 0.2) is 0 Å². The van der Waals surface area contributed by atoms with Crippen molar-refractivity contribution in [3.8, 4) is 5.75 Å². The zero-order valence-corrected chi connectivity index (χ0v) is 11.5.